The summed E-state index contributed by atoms with van der Waals surface area (Å²) in [6.45, 7) is 11.6. The molecule has 0 bridgehead atoms. The fourth-order valence-electron chi connectivity index (χ4n) is 5.36. The topological polar surface area (TPSA) is 60.9 Å². The maximum Gasteiger partial charge on any atom is 0.138 e. The van der Waals surface area contributed by atoms with Gasteiger partial charge in [-0.3, -0.25) is 4.90 Å². The molecule has 5 nitrogen and oxygen atoms in total. The van der Waals surface area contributed by atoms with E-state index in [1.54, 1.807) is 0 Å². The number of nitrogens with two attached hydrogens (primary N) is 1. The molecule has 36 heavy (non-hydrogen) atoms. The molecule has 0 aliphatic carbocycles. The van der Waals surface area contributed by atoms with Crippen molar-refractivity contribution in [3.63, 3.8) is 0 Å². The number of likely N-dealkylation sites (tertiary alicyclic amines) is 1. The lowest BCUT2D eigenvalue weighted by Gasteiger charge is -2.25. The van der Waals surface area contributed by atoms with Gasteiger partial charge < -0.3 is 19.6 Å². The van der Waals surface area contributed by atoms with Crippen molar-refractivity contribution in [2.24, 2.45) is 0 Å². The van der Waals surface area contributed by atoms with E-state index in [1.165, 1.54) is 22.9 Å². The molecule has 0 radical (unpaired) electrons. The standard InChI is InChI=1S/C31H36N2O3/c1-20-21(2)31-29(22(3)30(20)35-18-24-9-6-5-7-10-24)28(23(4)36-31)17-33-16-8-11-26(33)19-34-27-14-12-25(32)13-15-27/h5-7,9-10,12-15,26H,8,11,16-19,32H2,1-4H3/t26-/m0/s1. The molecule has 2 N–H and O–H groups in total. The number of aryl methyl sites for hydroxylation is 3. The third kappa shape index (κ3) is 4.80. The Kier molecular flexibility index (Phi) is 6.92. The molecular weight excluding hydrogens is 448 g/mol. The molecule has 188 valence electrons. The number of rotatable bonds is 8. The van der Waals surface area contributed by atoms with Gasteiger partial charge in [-0.1, -0.05) is 30.3 Å². The van der Waals surface area contributed by atoms with Gasteiger partial charge in [0.05, 0.1) is 0 Å². The molecule has 5 heteroatoms. The summed E-state index contributed by atoms with van der Waals surface area (Å²) in [5.74, 6) is 2.82. The maximum absolute atomic E-state index is 6.41. The van der Waals surface area contributed by atoms with Crippen LogP contribution in [0.1, 0.15) is 46.4 Å². The molecular formula is C31H36N2O3. The van der Waals surface area contributed by atoms with Gasteiger partial charge in [-0.2, -0.15) is 0 Å². The molecule has 3 aromatic carbocycles. The second kappa shape index (κ2) is 10.3. The van der Waals surface area contributed by atoms with Crippen LogP contribution in [-0.4, -0.2) is 24.1 Å². The second-order valence-corrected chi connectivity index (χ2v) is 9.97. The first kappa shape index (κ1) is 24.3. The Bertz CT molecular complexity index is 1340. The molecule has 0 unspecified atom stereocenters. The second-order valence-electron chi connectivity index (χ2n) is 9.97. The van der Waals surface area contributed by atoms with E-state index in [4.69, 9.17) is 19.6 Å². The highest BCUT2D eigenvalue weighted by Gasteiger charge is 2.29. The molecule has 0 saturated carbocycles. The summed E-state index contributed by atoms with van der Waals surface area (Å²) in [6, 6.07) is 18.3. The molecule has 1 aliphatic rings. The normalized spacial score (nSPS) is 16.1. The van der Waals surface area contributed by atoms with E-state index in [1.807, 2.05) is 42.5 Å². The first-order valence-electron chi connectivity index (χ1n) is 12.8. The van der Waals surface area contributed by atoms with Crippen molar-refractivity contribution in [1.29, 1.82) is 0 Å². The van der Waals surface area contributed by atoms with Gasteiger partial charge in [0, 0.05) is 34.8 Å². The van der Waals surface area contributed by atoms with Crippen LogP contribution >= 0.6 is 0 Å². The molecule has 2 heterocycles. The molecule has 4 aromatic rings. The summed E-state index contributed by atoms with van der Waals surface area (Å²) < 4.78 is 18.9. The quantitative estimate of drug-likeness (QED) is 0.277. The number of hydrogen-bond acceptors (Lipinski definition) is 5. The van der Waals surface area contributed by atoms with Crippen LogP contribution in [0.4, 0.5) is 5.69 Å². The smallest absolute Gasteiger partial charge is 0.138 e. The van der Waals surface area contributed by atoms with Crippen molar-refractivity contribution in [3.05, 3.63) is 88.2 Å². The SMILES string of the molecule is Cc1oc2c(C)c(C)c(OCc3ccccc3)c(C)c2c1CN1CCC[C@H]1COc1ccc(N)cc1. The van der Waals surface area contributed by atoms with Crippen molar-refractivity contribution < 1.29 is 13.9 Å². The minimum Gasteiger partial charge on any atom is -0.492 e. The van der Waals surface area contributed by atoms with Gasteiger partial charge in [-0.15, -0.1) is 0 Å². The average Bonchev–Trinajstić information content (AvgIpc) is 3.47. The van der Waals surface area contributed by atoms with Crippen molar-refractivity contribution >= 4 is 16.7 Å². The Balaban J connectivity index is 1.40. The van der Waals surface area contributed by atoms with E-state index in [-0.39, 0.29) is 0 Å². The van der Waals surface area contributed by atoms with E-state index < -0.39 is 0 Å². The molecule has 0 amide bonds. The van der Waals surface area contributed by atoms with Gasteiger partial charge in [0.2, 0.25) is 0 Å². The number of nitrogen functional groups attached to an aromatic ring is 1. The summed E-state index contributed by atoms with van der Waals surface area (Å²) in [4.78, 5) is 2.54. The van der Waals surface area contributed by atoms with Crippen LogP contribution in [0.5, 0.6) is 11.5 Å². The summed E-state index contributed by atoms with van der Waals surface area (Å²) in [5, 5.41) is 1.20. The lowest BCUT2D eigenvalue weighted by atomic mass is 9.97. The molecule has 1 aromatic heterocycles. The predicted molar refractivity (Wildman–Crippen MR) is 146 cm³/mol. The largest absolute Gasteiger partial charge is 0.492 e. The lowest BCUT2D eigenvalue weighted by molar-refractivity contribution is 0.167. The Morgan fingerprint density at radius 1 is 0.917 bits per heavy atom. The third-order valence-corrected chi connectivity index (χ3v) is 7.58. The number of benzene rings is 3. The highest BCUT2D eigenvalue weighted by molar-refractivity contribution is 5.91. The number of furan rings is 1. The highest BCUT2D eigenvalue weighted by Crippen LogP contribution is 2.40. The maximum atomic E-state index is 6.41. The zero-order valence-corrected chi connectivity index (χ0v) is 21.8. The predicted octanol–water partition coefficient (Wildman–Crippen LogP) is 6.87. The molecule has 1 fully saturated rings. The number of hydrogen-bond donors (Lipinski definition) is 1. The van der Waals surface area contributed by atoms with E-state index in [0.29, 0.717) is 19.3 Å². The van der Waals surface area contributed by atoms with Gasteiger partial charge in [-0.25, -0.2) is 0 Å². The third-order valence-electron chi connectivity index (χ3n) is 7.58. The minimum absolute atomic E-state index is 0.368. The highest BCUT2D eigenvalue weighted by atomic mass is 16.5. The molecule has 5 rings (SSSR count). The van der Waals surface area contributed by atoms with Crippen molar-refractivity contribution in [3.8, 4) is 11.5 Å². The summed E-state index contributed by atoms with van der Waals surface area (Å²) in [5.41, 5.74) is 13.4. The van der Waals surface area contributed by atoms with Gasteiger partial charge in [-0.05, 0) is 88.0 Å². The zero-order valence-electron chi connectivity index (χ0n) is 21.8. The van der Waals surface area contributed by atoms with Crippen LogP contribution in [0.25, 0.3) is 11.0 Å². The summed E-state index contributed by atoms with van der Waals surface area (Å²) in [7, 11) is 0. The van der Waals surface area contributed by atoms with Crippen molar-refractivity contribution in [2.75, 3.05) is 18.9 Å². The summed E-state index contributed by atoms with van der Waals surface area (Å²) >= 11 is 0. The first-order valence-corrected chi connectivity index (χ1v) is 12.8. The number of nitrogens with zero attached hydrogens (tertiary/aromatic N) is 1. The molecule has 1 saturated heterocycles. The molecule has 0 spiro atoms. The number of ether oxygens (including phenoxy) is 2. The fraction of sp³-hybridized carbons (Fsp3) is 0.355. The van der Waals surface area contributed by atoms with Gasteiger partial charge in [0.1, 0.15) is 36.1 Å². The lowest BCUT2D eigenvalue weighted by Crippen LogP contribution is -2.33. The van der Waals surface area contributed by atoms with Crippen LogP contribution in [-0.2, 0) is 13.2 Å². The van der Waals surface area contributed by atoms with Crippen molar-refractivity contribution in [1.82, 2.24) is 4.90 Å². The monoisotopic (exact) mass is 484 g/mol. The van der Waals surface area contributed by atoms with Gasteiger partial charge in [0.15, 0.2) is 0 Å². The minimum atomic E-state index is 0.368. The Labute approximate surface area is 213 Å². The van der Waals surface area contributed by atoms with Crippen LogP contribution in [0.3, 0.4) is 0 Å². The van der Waals surface area contributed by atoms with E-state index in [9.17, 15) is 0 Å². The van der Waals surface area contributed by atoms with Gasteiger partial charge >= 0.3 is 0 Å². The number of fused-ring (bicyclic) bond motifs is 1. The van der Waals surface area contributed by atoms with Crippen LogP contribution in [0.15, 0.2) is 59.0 Å². The average molecular weight is 485 g/mol. The summed E-state index contributed by atoms with van der Waals surface area (Å²) in [6.07, 6.45) is 2.31. The first-order chi connectivity index (χ1) is 17.4. The van der Waals surface area contributed by atoms with E-state index in [0.717, 1.165) is 64.7 Å². The van der Waals surface area contributed by atoms with Crippen LogP contribution < -0.4 is 15.2 Å². The number of anilines is 1. The van der Waals surface area contributed by atoms with E-state index in [2.05, 4.69) is 44.7 Å². The zero-order chi connectivity index (χ0) is 25.2. The fourth-order valence-corrected chi connectivity index (χ4v) is 5.36. The van der Waals surface area contributed by atoms with Gasteiger partial charge in [0.25, 0.3) is 0 Å². The molecule has 1 atom stereocenters. The Morgan fingerprint density at radius 2 is 1.67 bits per heavy atom. The Hall–Kier alpha value is -3.44. The molecule has 1 aliphatic heterocycles. The van der Waals surface area contributed by atoms with E-state index >= 15 is 0 Å². The van der Waals surface area contributed by atoms with Crippen LogP contribution in [0, 0.1) is 27.7 Å². The Morgan fingerprint density at radius 3 is 2.42 bits per heavy atom. The van der Waals surface area contributed by atoms with Crippen LogP contribution in [0.2, 0.25) is 0 Å². The van der Waals surface area contributed by atoms with Crippen molar-refractivity contribution in [2.45, 2.75) is 59.7 Å².